The summed E-state index contributed by atoms with van der Waals surface area (Å²) in [4.78, 5) is 3.96. The Kier molecular flexibility index (Phi) is 4.79. The van der Waals surface area contributed by atoms with Gasteiger partial charge in [0.1, 0.15) is 6.61 Å². The second-order valence-electron chi connectivity index (χ2n) is 4.13. The highest BCUT2D eigenvalue weighted by molar-refractivity contribution is 5.53. The van der Waals surface area contributed by atoms with Gasteiger partial charge in [-0.2, -0.15) is 0 Å². The smallest absolute Gasteiger partial charge is 0.203 e. The Labute approximate surface area is 117 Å². The summed E-state index contributed by atoms with van der Waals surface area (Å²) >= 11 is 0. The lowest BCUT2D eigenvalue weighted by Crippen LogP contribution is -2.01. The second kappa shape index (κ2) is 6.77. The lowest BCUT2D eigenvalue weighted by Gasteiger charge is -2.15. The summed E-state index contributed by atoms with van der Waals surface area (Å²) in [5.74, 6) is 1.58. The van der Waals surface area contributed by atoms with E-state index >= 15 is 0 Å². The quantitative estimate of drug-likeness (QED) is 0.875. The molecule has 5 nitrogen and oxygen atoms in total. The number of aliphatic hydroxyl groups is 1. The van der Waals surface area contributed by atoms with E-state index in [2.05, 4.69) is 4.98 Å². The van der Waals surface area contributed by atoms with Gasteiger partial charge < -0.3 is 19.3 Å². The number of benzene rings is 1. The van der Waals surface area contributed by atoms with Crippen molar-refractivity contribution in [2.45, 2.75) is 13.2 Å². The van der Waals surface area contributed by atoms with Crippen molar-refractivity contribution in [2.75, 3.05) is 14.2 Å². The third-order valence-corrected chi connectivity index (χ3v) is 2.84. The van der Waals surface area contributed by atoms with Gasteiger partial charge >= 0.3 is 0 Å². The molecule has 0 fully saturated rings. The van der Waals surface area contributed by atoms with E-state index in [0.29, 0.717) is 29.4 Å². The molecule has 1 N–H and O–H groups in total. The highest BCUT2D eigenvalue weighted by Gasteiger charge is 2.14. The van der Waals surface area contributed by atoms with E-state index in [1.54, 1.807) is 38.7 Å². The first kappa shape index (κ1) is 14.1. The summed E-state index contributed by atoms with van der Waals surface area (Å²) < 4.78 is 16.4. The van der Waals surface area contributed by atoms with Crippen LogP contribution in [0.1, 0.15) is 11.1 Å². The maximum atomic E-state index is 9.22. The van der Waals surface area contributed by atoms with Crippen molar-refractivity contribution in [2.24, 2.45) is 0 Å². The van der Waals surface area contributed by atoms with Crippen LogP contribution in [-0.4, -0.2) is 24.3 Å². The van der Waals surface area contributed by atoms with E-state index < -0.39 is 0 Å². The summed E-state index contributed by atoms with van der Waals surface area (Å²) in [5, 5.41) is 9.22. The predicted octanol–water partition coefficient (Wildman–Crippen LogP) is 2.17. The molecule has 0 saturated heterocycles. The number of methoxy groups -OCH3 is 2. The molecule has 0 aliphatic rings. The zero-order chi connectivity index (χ0) is 14.4. The molecule has 5 heteroatoms. The van der Waals surface area contributed by atoms with Gasteiger partial charge in [-0.1, -0.05) is 0 Å². The van der Waals surface area contributed by atoms with Gasteiger partial charge in [-0.15, -0.1) is 0 Å². The molecule has 0 radical (unpaired) electrons. The second-order valence-corrected chi connectivity index (χ2v) is 4.13. The lowest BCUT2D eigenvalue weighted by molar-refractivity contribution is 0.260. The van der Waals surface area contributed by atoms with Crippen LogP contribution >= 0.6 is 0 Å². The Morgan fingerprint density at radius 1 is 1.00 bits per heavy atom. The molecule has 106 valence electrons. The maximum Gasteiger partial charge on any atom is 0.203 e. The molecule has 1 heterocycles. The van der Waals surface area contributed by atoms with E-state index in [1.807, 2.05) is 12.1 Å². The summed E-state index contributed by atoms with van der Waals surface area (Å²) in [6.45, 7) is 0.297. The first-order valence-electron chi connectivity index (χ1n) is 6.16. The van der Waals surface area contributed by atoms with E-state index in [9.17, 15) is 5.11 Å². The van der Waals surface area contributed by atoms with Crippen LogP contribution in [0.25, 0.3) is 0 Å². The number of aliphatic hydroxyl groups excluding tert-OH is 1. The molecule has 0 atom stereocenters. The van der Waals surface area contributed by atoms with Gasteiger partial charge in [0.05, 0.1) is 20.8 Å². The monoisotopic (exact) mass is 275 g/mol. The third kappa shape index (κ3) is 3.19. The summed E-state index contributed by atoms with van der Waals surface area (Å²) in [6.07, 6.45) is 3.42. The first-order valence-corrected chi connectivity index (χ1v) is 6.16. The van der Waals surface area contributed by atoms with Crippen molar-refractivity contribution >= 4 is 0 Å². The average molecular weight is 275 g/mol. The van der Waals surface area contributed by atoms with E-state index in [0.717, 1.165) is 5.56 Å². The Morgan fingerprint density at radius 3 is 2.10 bits per heavy atom. The van der Waals surface area contributed by atoms with E-state index in [1.165, 1.54) is 0 Å². The topological polar surface area (TPSA) is 60.8 Å². The lowest BCUT2D eigenvalue weighted by atomic mass is 10.2. The Morgan fingerprint density at radius 2 is 1.60 bits per heavy atom. The number of aromatic nitrogens is 1. The average Bonchev–Trinajstić information content (AvgIpc) is 2.52. The van der Waals surface area contributed by atoms with Gasteiger partial charge in [0.25, 0.3) is 0 Å². The fraction of sp³-hybridized carbons (Fsp3) is 0.267. The van der Waals surface area contributed by atoms with Crippen LogP contribution in [0.3, 0.4) is 0 Å². The number of nitrogens with zero attached hydrogens (tertiary/aromatic N) is 1. The molecule has 20 heavy (non-hydrogen) atoms. The number of rotatable bonds is 6. The summed E-state index contributed by atoms with van der Waals surface area (Å²) in [7, 11) is 3.10. The highest BCUT2D eigenvalue weighted by atomic mass is 16.5. The number of hydrogen-bond donors (Lipinski definition) is 1. The van der Waals surface area contributed by atoms with Gasteiger partial charge in [0.15, 0.2) is 11.5 Å². The third-order valence-electron chi connectivity index (χ3n) is 2.84. The fourth-order valence-corrected chi connectivity index (χ4v) is 1.80. The van der Waals surface area contributed by atoms with Crippen LogP contribution in [0.4, 0.5) is 0 Å². The minimum atomic E-state index is -0.0860. The standard InChI is InChI=1S/C15H17NO4/c1-18-13-7-12(9-17)8-14(19-2)15(13)20-10-11-3-5-16-6-4-11/h3-8,17H,9-10H2,1-2H3. The molecule has 2 aromatic rings. The molecule has 2 rings (SSSR count). The molecule has 0 aliphatic carbocycles. The molecular weight excluding hydrogens is 258 g/mol. The van der Waals surface area contributed by atoms with Crippen LogP contribution in [0, 0.1) is 0 Å². The van der Waals surface area contributed by atoms with Gasteiger partial charge in [0.2, 0.25) is 5.75 Å². The Bertz CT molecular complexity index is 532. The largest absolute Gasteiger partial charge is 0.493 e. The zero-order valence-electron chi connectivity index (χ0n) is 11.5. The van der Waals surface area contributed by atoms with Crippen molar-refractivity contribution in [3.63, 3.8) is 0 Å². The molecule has 0 aliphatic heterocycles. The Hall–Kier alpha value is -2.27. The minimum Gasteiger partial charge on any atom is -0.493 e. The fourth-order valence-electron chi connectivity index (χ4n) is 1.80. The molecule has 1 aromatic heterocycles. The molecular formula is C15H17NO4. The zero-order valence-corrected chi connectivity index (χ0v) is 11.5. The van der Waals surface area contributed by atoms with Crippen LogP contribution in [-0.2, 0) is 13.2 Å². The van der Waals surface area contributed by atoms with Crippen molar-refractivity contribution in [3.05, 3.63) is 47.8 Å². The van der Waals surface area contributed by atoms with Crippen LogP contribution in [0.15, 0.2) is 36.7 Å². The highest BCUT2D eigenvalue weighted by Crippen LogP contribution is 2.39. The number of pyridine rings is 1. The Balaban J connectivity index is 2.25. The maximum absolute atomic E-state index is 9.22. The molecule has 1 aromatic carbocycles. The van der Waals surface area contributed by atoms with Gasteiger partial charge in [0, 0.05) is 12.4 Å². The number of hydrogen-bond acceptors (Lipinski definition) is 5. The van der Waals surface area contributed by atoms with Gasteiger partial charge in [-0.3, -0.25) is 4.98 Å². The van der Waals surface area contributed by atoms with Gasteiger partial charge in [-0.05, 0) is 35.4 Å². The normalized spacial score (nSPS) is 10.2. The van der Waals surface area contributed by atoms with Crippen LogP contribution in [0.5, 0.6) is 17.2 Å². The molecule has 0 spiro atoms. The predicted molar refractivity (Wildman–Crippen MR) is 74.0 cm³/mol. The van der Waals surface area contributed by atoms with Gasteiger partial charge in [-0.25, -0.2) is 0 Å². The summed E-state index contributed by atoms with van der Waals surface area (Å²) in [5.41, 5.74) is 1.70. The van der Waals surface area contributed by atoms with Crippen LogP contribution < -0.4 is 14.2 Å². The summed E-state index contributed by atoms with van der Waals surface area (Å²) in [6, 6.07) is 7.21. The number of ether oxygens (including phenoxy) is 3. The van der Waals surface area contributed by atoms with E-state index in [4.69, 9.17) is 14.2 Å². The molecule has 0 unspecified atom stereocenters. The molecule has 0 amide bonds. The van der Waals surface area contributed by atoms with Crippen molar-refractivity contribution in [1.29, 1.82) is 0 Å². The van der Waals surface area contributed by atoms with E-state index in [-0.39, 0.29) is 6.61 Å². The molecule has 0 saturated carbocycles. The first-order chi connectivity index (χ1) is 9.78. The molecule has 0 bridgehead atoms. The van der Waals surface area contributed by atoms with Crippen molar-refractivity contribution in [3.8, 4) is 17.2 Å². The van der Waals surface area contributed by atoms with Crippen LogP contribution in [0.2, 0.25) is 0 Å². The van der Waals surface area contributed by atoms with Crippen molar-refractivity contribution in [1.82, 2.24) is 4.98 Å². The SMILES string of the molecule is COc1cc(CO)cc(OC)c1OCc1ccncc1. The minimum absolute atomic E-state index is 0.0860. The van der Waals surface area contributed by atoms with Crippen molar-refractivity contribution < 1.29 is 19.3 Å².